The molecule has 2 aromatic rings. The molecule has 0 aromatic carbocycles. The first-order valence-corrected chi connectivity index (χ1v) is 10.8. The number of amides is 1. The van der Waals surface area contributed by atoms with Crippen molar-refractivity contribution in [3.63, 3.8) is 0 Å². The van der Waals surface area contributed by atoms with Crippen molar-refractivity contribution in [3.8, 4) is 0 Å². The average Bonchev–Trinajstić information content (AvgIpc) is 3.30. The van der Waals surface area contributed by atoms with Crippen molar-refractivity contribution in [3.05, 3.63) is 36.3 Å². The van der Waals surface area contributed by atoms with E-state index in [1.165, 1.54) is 0 Å². The van der Waals surface area contributed by atoms with Gasteiger partial charge in [-0.2, -0.15) is 0 Å². The number of hydrogen-bond donors (Lipinski definition) is 1. The number of piperidine rings is 1. The van der Waals surface area contributed by atoms with Crippen LogP contribution in [0.25, 0.3) is 5.65 Å². The van der Waals surface area contributed by atoms with Crippen LogP contribution in [0, 0.1) is 0 Å². The summed E-state index contributed by atoms with van der Waals surface area (Å²) in [6.07, 6.45) is 8.81. The first-order chi connectivity index (χ1) is 12.5. The number of aromatic nitrogens is 2. The maximum atomic E-state index is 12.8. The molecule has 2 fully saturated rings. The molecule has 1 atom stereocenters. The van der Waals surface area contributed by atoms with Gasteiger partial charge in [0.15, 0.2) is 0 Å². The molecule has 0 bridgehead atoms. The minimum absolute atomic E-state index is 0.0597. The average molecular weight is 376 g/mol. The van der Waals surface area contributed by atoms with Crippen LogP contribution in [0.15, 0.2) is 30.6 Å². The largest absolute Gasteiger partial charge is 0.336 e. The molecule has 4 rings (SSSR count). The van der Waals surface area contributed by atoms with E-state index in [0.29, 0.717) is 30.7 Å². The van der Waals surface area contributed by atoms with Crippen LogP contribution < -0.4 is 4.72 Å². The first-order valence-electron chi connectivity index (χ1n) is 9.27. The molecular formula is C18H24N4O3S. The monoisotopic (exact) mass is 376 g/mol. The van der Waals surface area contributed by atoms with E-state index in [-0.39, 0.29) is 18.5 Å². The molecule has 1 saturated heterocycles. The smallest absolute Gasteiger partial charge is 0.274 e. The number of carbonyl (C=O) groups is 1. The molecule has 1 aliphatic heterocycles. The highest BCUT2D eigenvalue weighted by molar-refractivity contribution is 7.90. The van der Waals surface area contributed by atoms with E-state index in [4.69, 9.17) is 0 Å². The minimum Gasteiger partial charge on any atom is -0.336 e. The number of sulfonamides is 1. The summed E-state index contributed by atoms with van der Waals surface area (Å²) in [5, 5.41) is -0.544. The fourth-order valence-corrected chi connectivity index (χ4v) is 5.69. The van der Waals surface area contributed by atoms with Crippen molar-refractivity contribution >= 4 is 21.6 Å². The summed E-state index contributed by atoms with van der Waals surface area (Å²) in [4.78, 5) is 18.8. The third-order valence-corrected chi connectivity index (χ3v) is 7.30. The molecule has 1 N–H and O–H groups in total. The lowest BCUT2D eigenvalue weighted by molar-refractivity contribution is 0.0721. The molecule has 2 aromatic heterocycles. The van der Waals surface area contributed by atoms with Gasteiger partial charge in [0.05, 0.1) is 5.25 Å². The molecule has 26 heavy (non-hydrogen) atoms. The normalized spacial score (nSPS) is 22.2. The van der Waals surface area contributed by atoms with Crippen molar-refractivity contribution in [2.45, 2.75) is 49.8 Å². The third kappa shape index (κ3) is 3.48. The highest BCUT2D eigenvalue weighted by Gasteiger charge is 2.35. The Bertz CT molecular complexity index is 869. The van der Waals surface area contributed by atoms with Gasteiger partial charge in [-0.15, -0.1) is 0 Å². The highest BCUT2D eigenvalue weighted by atomic mass is 32.2. The van der Waals surface area contributed by atoms with Crippen LogP contribution in [0.3, 0.4) is 0 Å². The molecule has 0 radical (unpaired) electrons. The number of likely N-dealkylation sites (tertiary alicyclic amines) is 1. The van der Waals surface area contributed by atoms with Crippen molar-refractivity contribution < 1.29 is 13.2 Å². The van der Waals surface area contributed by atoms with Crippen LogP contribution in [0.4, 0.5) is 0 Å². The molecular weight excluding hydrogens is 352 g/mol. The Morgan fingerprint density at radius 1 is 1.15 bits per heavy atom. The maximum Gasteiger partial charge on any atom is 0.274 e. The zero-order chi connectivity index (χ0) is 18.1. The van der Waals surface area contributed by atoms with Gasteiger partial charge in [-0.05, 0) is 37.8 Å². The van der Waals surface area contributed by atoms with Gasteiger partial charge in [0.25, 0.3) is 5.91 Å². The molecule has 1 amide bonds. The Hall–Kier alpha value is -1.93. The summed E-state index contributed by atoms with van der Waals surface area (Å²) in [6, 6.07) is 5.64. The maximum absolute atomic E-state index is 12.8. The summed E-state index contributed by atoms with van der Waals surface area (Å²) in [5.74, 6) is -0.200. The second-order valence-electron chi connectivity index (χ2n) is 7.25. The summed E-state index contributed by atoms with van der Waals surface area (Å²) < 4.78 is 30.1. The molecule has 1 aliphatic carbocycles. The second-order valence-corrected chi connectivity index (χ2v) is 9.24. The van der Waals surface area contributed by atoms with E-state index in [9.17, 15) is 13.2 Å². The quantitative estimate of drug-likeness (QED) is 0.882. The van der Waals surface area contributed by atoms with E-state index < -0.39 is 15.3 Å². The van der Waals surface area contributed by atoms with Crippen LogP contribution in [-0.4, -0.2) is 53.0 Å². The van der Waals surface area contributed by atoms with Gasteiger partial charge in [-0.3, -0.25) is 4.79 Å². The molecule has 1 saturated carbocycles. The van der Waals surface area contributed by atoms with Gasteiger partial charge >= 0.3 is 0 Å². The van der Waals surface area contributed by atoms with E-state index in [0.717, 1.165) is 25.7 Å². The fraction of sp³-hybridized carbons (Fsp3) is 0.556. The van der Waals surface area contributed by atoms with E-state index in [1.807, 2.05) is 24.4 Å². The molecule has 0 unspecified atom stereocenters. The minimum atomic E-state index is -3.41. The molecule has 2 aliphatic rings. The zero-order valence-corrected chi connectivity index (χ0v) is 15.5. The summed E-state index contributed by atoms with van der Waals surface area (Å²) in [6.45, 7) is 0.802. The van der Waals surface area contributed by atoms with Crippen molar-refractivity contribution in [2.24, 2.45) is 0 Å². The number of rotatable bonds is 4. The van der Waals surface area contributed by atoms with Crippen LogP contribution in [0.1, 0.15) is 49.0 Å². The number of imidazole rings is 1. The standard InChI is InChI=1S/C18H24N4O3S/c23-18(16-13-21-10-4-3-9-17(21)19-16)22-11-5-8-15(12-22)26(24,25)20-14-6-1-2-7-14/h3-4,9-10,13-15,20H,1-2,5-8,11-12H2/t15-/m1/s1. The molecule has 3 heterocycles. The van der Waals surface area contributed by atoms with Crippen LogP contribution >= 0.6 is 0 Å². The molecule has 0 spiro atoms. The Morgan fingerprint density at radius 2 is 1.96 bits per heavy atom. The first kappa shape index (κ1) is 17.5. The fourth-order valence-electron chi connectivity index (χ4n) is 3.95. The van der Waals surface area contributed by atoms with Crippen molar-refractivity contribution in [1.82, 2.24) is 19.0 Å². The molecule has 7 nitrogen and oxygen atoms in total. The van der Waals surface area contributed by atoms with Crippen LogP contribution in [0.5, 0.6) is 0 Å². The van der Waals surface area contributed by atoms with Crippen LogP contribution in [0.2, 0.25) is 0 Å². The van der Waals surface area contributed by atoms with Gasteiger partial charge in [-0.1, -0.05) is 18.9 Å². The molecule has 8 heteroatoms. The molecule has 140 valence electrons. The van der Waals surface area contributed by atoms with E-state index >= 15 is 0 Å². The van der Waals surface area contributed by atoms with Gasteiger partial charge in [-0.25, -0.2) is 18.1 Å². The van der Waals surface area contributed by atoms with E-state index in [1.54, 1.807) is 15.5 Å². The SMILES string of the molecule is O=C(c1cn2ccccc2n1)N1CCC[C@@H](S(=O)(=O)NC2CCCC2)C1. The van der Waals surface area contributed by atoms with Gasteiger partial charge in [0, 0.05) is 31.5 Å². The second kappa shape index (κ2) is 7.00. The number of carbonyl (C=O) groups excluding carboxylic acids is 1. The Kier molecular flexibility index (Phi) is 4.71. The van der Waals surface area contributed by atoms with E-state index in [2.05, 4.69) is 9.71 Å². The van der Waals surface area contributed by atoms with Crippen LogP contribution in [-0.2, 0) is 10.0 Å². The Morgan fingerprint density at radius 3 is 2.73 bits per heavy atom. The van der Waals surface area contributed by atoms with Gasteiger partial charge in [0.1, 0.15) is 11.3 Å². The number of pyridine rings is 1. The van der Waals surface area contributed by atoms with Crippen molar-refractivity contribution in [2.75, 3.05) is 13.1 Å². The number of fused-ring (bicyclic) bond motifs is 1. The van der Waals surface area contributed by atoms with Gasteiger partial charge < -0.3 is 9.30 Å². The van der Waals surface area contributed by atoms with Crippen molar-refractivity contribution in [1.29, 1.82) is 0 Å². The predicted molar refractivity (Wildman–Crippen MR) is 98.4 cm³/mol. The lowest BCUT2D eigenvalue weighted by Gasteiger charge is -2.32. The van der Waals surface area contributed by atoms with Gasteiger partial charge in [0.2, 0.25) is 10.0 Å². The Labute approximate surface area is 153 Å². The lowest BCUT2D eigenvalue weighted by Crippen LogP contribution is -2.50. The summed E-state index contributed by atoms with van der Waals surface area (Å²) >= 11 is 0. The summed E-state index contributed by atoms with van der Waals surface area (Å²) in [7, 11) is -3.41. The number of hydrogen-bond acceptors (Lipinski definition) is 4. The predicted octanol–water partition coefficient (Wildman–Crippen LogP) is 1.80. The summed E-state index contributed by atoms with van der Waals surface area (Å²) in [5.41, 5.74) is 1.07. The number of nitrogens with one attached hydrogen (secondary N) is 1. The topological polar surface area (TPSA) is 83.8 Å². The highest BCUT2D eigenvalue weighted by Crippen LogP contribution is 2.23. The number of nitrogens with zero attached hydrogens (tertiary/aromatic N) is 3. The third-order valence-electron chi connectivity index (χ3n) is 5.37. The Balaban J connectivity index is 1.48. The lowest BCUT2D eigenvalue weighted by atomic mass is 10.1. The zero-order valence-electron chi connectivity index (χ0n) is 14.7.